The van der Waals surface area contributed by atoms with Crippen LogP contribution < -0.4 is 5.73 Å². The van der Waals surface area contributed by atoms with Crippen LogP contribution in [0.25, 0.3) is 0 Å². The monoisotopic (exact) mass is 298 g/mol. The molecule has 1 aromatic heterocycles. The molecule has 0 bridgehead atoms. The van der Waals surface area contributed by atoms with Gasteiger partial charge in [-0.25, -0.2) is 4.68 Å². The highest BCUT2D eigenvalue weighted by Gasteiger charge is 2.33. The molecule has 114 valence electrons. The van der Waals surface area contributed by atoms with Crippen molar-refractivity contribution in [1.82, 2.24) is 25.1 Å². The number of nitrogens with two attached hydrogens (primary N) is 1. The van der Waals surface area contributed by atoms with E-state index in [1.807, 2.05) is 16.8 Å². The molecule has 1 fully saturated rings. The molecule has 7 heteroatoms. The Kier molecular flexibility index (Phi) is 3.15. The molecule has 2 heterocycles. The molecule has 7 nitrogen and oxygen atoms in total. The molecule has 2 aromatic rings. The molecule has 1 aliphatic carbocycles. The minimum Gasteiger partial charge on any atom is -0.368 e. The fourth-order valence-corrected chi connectivity index (χ4v) is 3.12. The molecule has 0 spiro atoms. The van der Waals surface area contributed by atoms with Crippen LogP contribution in [0.1, 0.15) is 35.8 Å². The molecule has 22 heavy (non-hydrogen) atoms. The van der Waals surface area contributed by atoms with E-state index in [-0.39, 0.29) is 11.9 Å². The largest absolute Gasteiger partial charge is 0.368 e. The number of tetrazole rings is 1. The van der Waals surface area contributed by atoms with Gasteiger partial charge in [-0.3, -0.25) is 9.69 Å². The van der Waals surface area contributed by atoms with E-state index in [0.717, 1.165) is 18.7 Å². The zero-order valence-corrected chi connectivity index (χ0v) is 12.2. The smallest absolute Gasteiger partial charge is 0.235 e. The van der Waals surface area contributed by atoms with Crippen LogP contribution in [0.15, 0.2) is 24.3 Å². The van der Waals surface area contributed by atoms with E-state index in [1.54, 1.807) is 0 Å². The molecule has 1 aromatic carbocycles. The van der Waals surface area contributed by atoms with Gasteiger partial charge in [0.05, 0.1) is 18.6 Å². The second-order valence-electron chi connectivity index (χ2n) is 6.07. The van der Waals surface area contributed by atoms with Gasteiger partial charge in [0.15, 0.2) is 5.82 Å². The highest BCUT2D eigenvalue weighted by molar-refractivity contribution is 5.80. The van der Waals surface area contributed by atoms with E-state index in [1.165, 1.54) is 11.1 Å². The third-order valence-electron chi connectivity index (χ3n) is 4.47. The Morgan fingerprint density at radius 2 is 2.05 bits per heavy atom. The van der Waals surface area contributed by atoms with Gasteiger partial charge in [-0.2, -0.15) is 0 Å². The molecule has 2 N–H and O–H groups in total. The number of hydrogen-bond acceptors (Lipinski definition) is 5. The van der Waals surface area contributed by atoms with Gasteiger partial charge in [0.25, 0.3) is 0 Å². The summed E-state index contributed by atoms with van der Waals surface area (Å²) in [5.74, 6) is 0.521. The first-order valence-corrected chi connectivity index (χ1v) is 7.59. The van der Waals surface area contributed by atoms with E-state index in [9.17, 15) is 4.79 Å². The number of carbonyl (C=O) groups is 1. The van der Waals surface area contributed by atoms with Gasteiger partial charge >= 0.3 is 0 Å². The number of amides is 1. The van der Waals surface area contributed by atoms with E-state index >= 15 is 0 Å². The SMILES string of the molecule is NC(=O)[C@@H]1Cc2ccccc2CN1Cc1nnnn1C1CC1. The quantitative estimate of drug-likeness (QED) is 0.883. The van der Waals surface area contributed by atoms with E-state index in [2.05, 4.69) is 32.6 Å². The van der Waals surface area contributed by atoms with Gasteiger partial charge in [-0.05, 0) is 40.8 Å². The fraction of sp³-hybridized carbons (Fsp3) is 0.467. The van der Waals surface area contributed by atoms with Gasteiger partial charge in [0, 0.05) is 6.54 Å². The lowest BCUT2D eigenvalue weighted by Gasteiger charge is -2.34. The zero-order chi connectivity index (χ0) is 15.1. The third kappa shape index (κ3) is 2.37. The molecule has 0 unspecified atom stereocenters. The van der Waals surface area contributed by atoms with Crippen molar-refractivity contribution in [1.29, 1.82) is 0 Å². The average molecular weight is 298 g/mol. The summed E-state index contributed by atoms with van der Waals surface area (Å²) in [4.78, 5) is 13.9. The summed E-state index contributed by atoms with van der Waals surface area (Å²) in [5, 5.41) is 12.0. The summed E-state index contributed by atoms with van der Waals surface area (Å²) >= 11 is 0. The summed E-state index contributed by atoms with van der Waals surface area (Å²) in [6.45, 7) is 1.24. The van der Waals surface area contributed by atoms with Crippen molar-refractivity contribution >= 4 is 5.91 Å². The van der Waals surface area contributed by atoms with Crippen LogP contribution in [0.5, 0.6) is 0 Å². The van der Waals surface area contributed by atoms with Crippen molar-refractivity contribution in [2.75, 3.05) is 0 Å². The number of hydrogen-bond donors (Lipinski definition) is 1. The maximum Gasteiger partial charge on any atom is 0.235 e. The molecule has 2 aliphatic rings. The number of benzene rings is 1. The predicted octanol–water partition coefficient (Wildman–Crippen LogP) is 0.420. The van der Waals surface area contributed by atoms with Crippen LogP contribution in [0.2, 0.25) is 0 Å². The molecule has 0 saturated heterocycles. The minimum absolute atomic E-state index is 0.292. The number of nitrogens with zero attached hydrogens (tertiary/aromatic N) is 5. The van der Waals surface area contributed by atoms with Crippen molar-refractivity contribution in [2.45, 2.75) is 44.4 Å². The third-order valence-corrected chi connectivity index (χ3v) is 4.47. The van der Waals surface area contributed by atoms with Crippen molar-refractivity contribution in [2.24, 2.45) is 5.73 Å². The first-order valence-electron chi connectivity index (χ1n) is 7.59. The van der Waals surface area contributed by atoms with Crippen LogP contribution in [0.4, 0.5) is 0 Å². The molecular weight excluding hydrogens is 280 g/mol. The van der Waals surface area contributed by atoms with Crippen LogP contribution in [-0.2, 0) is 24.3 Å². The summed E-state index contributed by atoms with van der Waals surface area (Å²) in [6.07, 6.45) is 2.90. The lowest BCUT2D eigenvalue weighted by molar-refractivity contribution is -0.124. The highest BCUT2D eigenvalue weighted by Crippen LogP contribution is 2.35. The Bertz CT molecular complexity index is 708. The lowest BCUT2D eigenvalue weighted by Crippen LogP contribution is -2.48. The zero-order valence-electron chi connectivity index (χ0n) is 12.2. The normalized spacial score (nSPS) is 21.5. The van der Waals surface area contributed by atoms with Crippen molar-refractivity contribution in [3.05, 3.63) is 41.2 Å². The van der Waals surface area contributed by atoms with Crippen LogP contribution in [-0.4, -0.2) is 37.1 Å². The predicted molar refractivity (Wildman–Crippen MR) is 78.5 cm³/mol. The second kappa shape index (κ2) is 5.17. The van der Waals surface area contributed by atoms with Crippen LogP contribution >= 0.6 is 0 Å². The Morgan fingerprint density at radius 1 is 1.27 bits per heavy atom. The summed E-state index contributed by atoms with van der Waals surface area (Å²) < 4.78 is 1.89. The number of fused-ring (bicyclic) bond motifs is 1. The Labute approximate surface area is 128 Å². The van der Waals surface area contributed by atoms with Gasteiger partial charge in [0.2, 0.25) is 5.91 Å². The minimum atomic E-state index is -0.306. The topological polar surface area (TPSA) is 89.9 Å². The summed E-state index contributed by atoms with van der Waals surface area (Å²) in [5.41, 5.74) is 8.05. The number of rotatable bonds is 4. The van der Waals surface area contributed by atoms with Crippen molar-refractivity contribution in [3.8, 4) is 0 Å². The Hall–Kier alpha value is -2.28. The molecule has 1 amide bonds. The van der Waals surface area contributed by atoms with Crippen LogP contribution in [0.3, 0.4) is 0 Å². The maximum absolute atomic E-state index is 11.9. The average Bonchev–Trinajstić information content (AvgIpc) is 3.26. The standard InChI is InChI=1S/C15H18N6O/c16-15(22)13-7-10-3-1-2-4-11(10)8-20(13)9-14-17-18-19-21(14)12-5-6-12/h1-4,12-13H,5-9H2,(H2,16,22)/t13-/m0/s1. The Balaban J connectivity index is 1.61. The van der Waals surface area contributed by atoms with Gasteiger partial charge in [-0.15, -0.1) is 5.10 Å². The van der Waals surface area contributed by atoms with Crippen LogP contribution in [0, 0.1) is 0 Å². The fourth-order valence-electron chi connectivity index (χ4n) is 3.12. The molecule has 4 rings (SSSR count). The molecular formula is C15H18N6O. The molecule has 1 saturated carbocycles. The lowest BCUT2D eigenvalue weighted by atomic mass is 9.93. The first-order chi connectivity index (χ1) is 10.7. The Morgan fingerprint density at radius 3 is 2.77 bits per heavy atom. The highest BCUT2D eigenvalue weighted by atomic mass is 16.1. The second-order valence-corrected chi connectivity index (χ2v) is 6.07. The molecule has 1 aliphatic heterocycles. The number of carbonyl (C=O) groups excluding carboxylic acids is 1. The first kappa shape index (κ1) is 13.4. The summed E-state index contributed by atoms with van der Waals surface area (Å²) in [6, 6.07) is 8.31. The van der Waals surface area contributed by atoms with Gasteiger partial charge in [0.1, 0.15) is 0 Å². The van der Waals surface area contributed by atoms with E-state index < -0.39 is 0 Å². The number of aromatic nitrogens is 4. The van der Waals surface area contributed by atoms with Crippen molar-refractivity contribution < 1.29 is 4.79 Å². The van der Waals surface area contributed by atoms with Gasteiger partial charge in [-0.1, -0.05) is 24.3 Å². The molecule has 1 atom stereocenters. The van der Waals surface area contributed by atoms with Gasteiger partial charge < -0.3 is 5.73 Å². The summed E-state index contributed by atoms with van der Waals surface area (Å²) in [7, 11) is 0. The molecule has 0 radical (unpaired) electrons. The van der Waals surface area contributed by atoms with E-state index in [0.29, 0.717) is 25.6 Å². The maximum atomic E-state index is 11.9. The van der Waals surface area contributed by atoms with E-state index in [4.69, 9.17) is 5.73 Å². The van der Waals surface area contributed by atoms with Crippen molar-refractivity contribution in [3.63, 3.8) is 0 Å². The number of primary amides is 1.